The fraction of sp³-hybridized carbons (Fsp3) is 0.429. The van der Waals surface area contributed by atoms with E-state index in [0.29, 0.717) is 6.54 Å². The number of urea groups is 1. The highest BCUT2D eigenvalue weighted by molar-refractivity contribution is 6.18. The number of carbonyl (C=O) groups is 2. The maximum Gasteiger partial charge on any atom is 0.331 e. The van der Waals surface area contributed by atoms with E-state index in [1.165, 1.54) is 19.2 Å². The van der Waals surface area contributed by atoms with Crippen LogP contribution in [0.15, 0.2) is 24.3 Å². The summed E-state index contributed by atoms with van der Waals surface area (Å²) < 4.78 is 4.76. The number of hydrogen-bond acceptors (Lipinski definition) is 4. The van der Waals surface area contributed by atoms with Crippen LogP contribution in [0.3, 0.4) is 0 Å². The third kappa shape index (κ3) is 5.15. The number of hydrogen-bond donors (Lipinski definition) is 3. The average Bonchev–Trinajstić information content (AvgIpc) is 2.46. The Hall–Kier alpha value is -1.95. The number of phenols is 1. The van der Waals surface area contributed by atoms with Crippen LogP contribution in [0.2, 0.25) is 0 Å². The summed E-state index contributed by atoms with van der Waals surface area (Å²) in [5.41, 5.74) is -0.444. The summed E-state index contributed by atoms with van der Waals surface area (Å²) in [5.74, 6) is -0.150. The second kappa shape index (κ2) is 7.73. The van der Waals surface area contributed by atoms with Gasteiger partial charge in [-0.3, -0.25) is 0 Å². The number of rotatable bonds is 6. The minimum atomic E-state index is -1.22. The van der Waals surface area contributed by atoms with E-state index in [9.17, 15) is 14.7 Å². The van der Waals surface area contributed by atoms with E-state index >= 15 is 0 Å². The molecule has 2 amide bonds. The van der Waals surface area contributed by atoms with Gasteiger partial charge in [-0.2, -0.15) is 0 Å². The third-order valence-electron chi connectivity index (χ3n) is 2.90. The van der Waals surface area contributed by atoms with E-state index in [4.69, 9.17) is 16.3 Å². The Kier molecular flexibility index (Phi) is 6.30. The minimum Gasteiger partial charge on any atom is -0.508 e. The minimum absolute atomic E-state index is 0.131. The number of esters is 1. The van der Waals surface area contributed by atoms with Crippen LogP contribution < -0.4 is 10.6 Å². The van der Waals surface area contributed by atoms with Crippen molar-refractivity contribution in [2.24, 2.45) is 0 Å². The summed E-state index contributed by atoms with van der Waals surface area (Å²) in [6.07, 6.45) is 0.230. The fourth-order valence-electron chi connectivity index (χ4n) is 1.87. The molecule has 0 aliphatic rings. The Morgan fingerprint density at radius 1 is 1.33 bits per heavy atom. The number of halogens is 1. The molecule has 0 radical (unpaired) electrons. The standard InChI is InChI=1S/C14H19ClN2O4/c1-14(12(19)21-2,17-13(20)16-8-7-15)9-10-3-5-11(18)6-4-10/h3-6,18H,7-9H2,1-2H3,(H2,16,17,20). The van der Waals surface area contributed by atoms with E-state index in [0.717, 1.165) is 5.56 Å². The van der Waals surface area contributed by atoms with Crippen LogP contribution in [-0.2, 0) is 16.0 Å². The molecular formula is C14H19ClN2O4. The van der Waals surface area contributed by atoms with Gasteiger partial charge in [-0.15, -0.1) is 11.6 Å². The zero-order valence-corrected chi connectivity index (χ0v) is 12.7. The summed E-state index contributed by atoms with van der Waals surface area (Å²) in [6, 6.07) is 5.88. The van der Waals surface area contributed by atoms with E-state index < -0.39 is 17.5 Å². The summed E-state index contributed by atoms with van der Waals surface area (Å²) in [5, 5.41) is 14.4. The number of carbonyl (C=O) groups excluding carboxylic acids is 2. The fourth-order valence-corrected chi connectivity index (χ4v) is 1.96. The molecule has 0 aliphatic carbocycles. The van der Waals surface area contributed by atoms with Gasteiger partial charge in [-0.05, 0) is 24.6 Å². The van der Waals surface area contributed by atoms with Crippen LogP contribution in [0.1, 0.15) is 12.5 Å². The van der Waals surface area contributed by atoms with Gasteiger partial charge < -0.3 is 20.5 Å². The third-order valence-corrected chi connectivity index (χ3v) is 3.09. The lowest BCUT2D eigenvalue weighted by Gasteiger charge is -2.28. The zero-order valence-electron chi connectivity index (χ0n) is 12.0. The molecule has 1 aromatic carbocycles. The maximum absolute atomic E-state index is 12.0. The molecular weight excluding hydrogens is 296 g/mol. The first-order chi connectivity index (χ1) is 9.91. The number of aromatic hydroxyl groups is 1. The second-order valence-corrected chi connectivity index (χ2v) is 5.11. The molecule has 0 fully saturated rings. The molecule has 116 valence electrons. The molecule has 3 N–H and O–H groups in total. The van der Waals surface area contributed by atoms with E-state index in [1.807, 2.05) is 0 Å². The van der Waals surface area contributed by atoms with Gasteiger partial charge in [0.15, 0.2) is 0 Å². The van der Waals surface area contributed by atoms with E-state index in [2.05, 4.69) is 10.6 Å². The van der Waals surface area contributed by atoms with Gasteiger partial charge in [0, 0.05) is 18.8 Å². The number of benzene rings is 1. The SMILES string of the molecule is COC(=O)C(C)(Cc1ccc(O)cc1)NC(=O)NCCCl. The highest BCUT2D eigenvalue weighted by atomic mass is 35.5. The molecule has 0 aliphatic heterocycles. The number of ether oxygens (including phenoxy) is 1. The van der Waals surface area contributed by atoms with Crippen LogP contribution in [0.5, 0.6) is 5.75 Å². The van der Waals surface area contributed by atoms with Crippen molar-refractivity contribution in [3.8, 4) is 5.75 Å². The van der Waals surface area contributed by atoms with E-state index in [1.54, 1.807) is 19.1 Å². The summed E-state index contributed by atoms with van der Waals surface area (Å²) in [7, 11) is 1.26. The largest absolute Gasteiger partial charge is 0.508 e. The second-order valence-electron chi connectivity index (χ2n) is 4.74. The highest BCUT2D eigenvalue weighted by Crippen LogP contribution is 2.17. The lowest BCUT2D eigenvalue weighted by Crippen LogP contribution is -2.57. The zero-order chi connectivity index (χ0) is 15.9. The lowest BCUT2D eigenvalue weighted by molar-refractivity contribution is -0.147. The molecule has 21 heavy (non-hydrogen) atoms. The van der Waals surface area contributed by atoms with Crippen LogP contribution in [-0.4, -0.2) is 42.2 Å². The van der Waals surface area contributed by atoms with Gasteiger partial charge in [-0.1, -0.05) is 12.1 Å². The van der Waals surface area contributed by atoms with Gasteiger partial charge in [-0.25, -0.2) is 9.59 Å². The number of nitrogens with one attached hydrogen (secondary N) is 2. The Labute approximate surface area is 128 Å². The molecule has 1 atom stereocenters. The quantitative estimate of drug-likeness (QED) is 0.547. The molecule has 1 aromatic rings. The van der Waals surface area contributed by atoms with Crippen molar-refractivity contribution < 1.29 is 19.4 Å². The molecule has 6 nitrogen and oxygen atoms in total. The summed E-state index contributed by atoms with van der Waals surface area (Å²) in [6.45, 7) is 1.87. The topological polar surface area (TPSA) is 87.7 Å². The molecule has 1 rings (SSSR count). The first kappa shape index (κ1) is 17.1. The van der Waals surface area contributed by atoms with Crippen LogP contribution in [0, 0.1) is 0 Å². The number of alkyl halides is 1. The Balaban J connectivity index is 2.85. The van der Waals surface area contributed by atoms with Crippen molar-refractivity contribution in [1.29, 1.82) is 0 Å². The number of methoxy groups -OCH3 is 1. The normalized spacial score (nSPS) is 13.1. The lowest BCUT2D eigenvalue weighted by atomic mass is 9.93. The molecule has 0 bridgehead atoms. The van der Waals surface area contributed by atoms with Crippen LogP contribution in [0.4, 0.5) is 4.79 Å². The van der Waals surface area contributed by atoms with Gasteiger partial charge in [0.25, 0.3) is 0 Å². The van der Waals surface area contributed by atoms with Crippen molar-refractivity contribution in [2.45, 2.75) is 18.9 Å². The summed E-state index contributed by atoms with van der Waals surface area (Å²) in [4.78, 5) is 23.7. The first-order valence-electron chi connectivity index (χ1n) is 6.39. The molecule has 0 saturated carbocycles. The molecule has 7 heteroatoms. The van der Waals surface area contributed by atoms with Gasteiger partial charge in [0.2, 0.25) is 0 Å². The predicted molar refractivity (Wildman–Crippen MR) is 79.5 cm³/mol. The van der Waals surface area contributed by atoms with Gasteiger partial charge in [0.05, 0.1) is 7.11 Å². The van der Waals surface area contributed by atoms with E-state index in [-0.39, 0.29) is 18.1 Å². The van der Waals surface area contributed by atoms with Crippen molar-refractivity contribution in [3.63, 3.8) is 0 Å². The summed E-state index contributed by atoms with van der Waals surface area (Å²) >= 11 is 5.49. The monoisotopic (exact) mass is 314 g/mol. The van der Waals surface area contributed by atoms with Crippen molar-refractivity contribution in [1.82, 2.24) is 10.6 Å². The number of amides is 2. The van der Waals surface area contributed by atoms with Gasteiger partial charge >= 0.3 is 12.0 Å². The van der Waals surface area contributed by atoms with Crippen LogP contribution >= 0.6 is 11.6 Å². The van der Waals surface area contributed by atoms with Crippen molar-refractivity contribution in [2.75, 3.05) is 19.5 Å². The Morgan fingerprint density at radius 2 is 1.95 bits per heavy atom. The predicted octanol–water partition coefficient (Wildman–Crippen LogP) is 1.40. The van der Waals surface area contributed by atoms with Crippen LogP contribution in [0.25, 0.3) is 0 Å². The molecule has 1 unspecified atom stereocenters. The maximum atomic E-state index is 12.0. The molecule has 0 heterocycles. The molecule has 0 saturated heterocycles. The number of phenolic OH excluding ortho intramolecular Hbond substituents is 1. The Morgan fingerprint density at radius 3 is 2.48 bits per heavy atom. The van der Waals surface area contributed by atoms with Gasteiger partial charge in [0.1, 0.15) is 11.3 Å². The average molecular weight is 315 g/mol. The Bertz CT molecular complexity index is 492. The highest BCUT2D eigenvalue weighted by Gasteiger charge is 2.36. The molecule has 0 spiro atoms. The van der Waals surface area contributed by atoms with Crippen molar-refractivity contribution in [3.05, 3.63) is 29.8 Å². The first-order valence-corrected chi connectivity index (χ1v) is 6.93. The smallest absolute Gasteiger partial charge is 0.331 e. The van der Waals surface area contributed by atoms with Crippen molar-refractivity contribution >= 4 is 23.6 Å². The molecule has 0 aromatic heterocycles.